The zero-order valence-electron chi connectivity index (χ0n) is 17.1. The highest BCUT2D eigenvalue weighted by Crippen LogP contribution is 2.50. The first-order valence-electron chi connectivity index (χ1n) is 9.06. The maximum absolute atomic E-state index is 12.9. The number of carbonyl (C=O) groups is 2. The van der Waals surface area contributed by atoms with E-state index < -0.39 is 11.0 Å². The zero-order valence-corrected chi connectivity index (χ0v) is 17.9. The number of carbonyl (C=O) groups excluding carboxylic acids is 2. The van der Waals surface area contributed by atoms with Crippen LogP contribution in [0.15, 0.2) is 18.2 Å². The van der Waals surface area contributed by atoms with E-state index in [-0.39, 0.29) is 36.9 Å². The fourth-order valence-electron chi connectivity index (χ4n) is 3.50. The van der Waals surface area contributed by atoms with Gasteiger partial charge in [-0.2, -0.15) is 0 Å². The van der Waals surface area contributed by atoms with Gasteiger partial charge in [0.2, 0.25) is 11.8 Å². The van der Waals surface area contributed by atoms with Crippen molar-refractivity contribution in [1.82, 2.24) is 4.90 Å². The molecule has 1 fully saturated rings. The summed E-state index contributed by atoms with van der Waals surface area (Å²) in [5.74, 6) is -0.466. The minimum atomic E-state index is -1.01. The van der Waals surface area contributed by atoms with Crippen LogP contribution in [-0.4, -0.2) is 48.6 Å². The Morgan fingerprint density at radius 2 is 1.96 bits per heavy atom. The van der Waals surface area contributed by atoms with Gasteiger partial charge in [0.25, 0.3) is 0 Å². The second-order valence-electron chi connectivity index (χ2n) is 7.80. The van der Waals surface area contributed by atoms with Gasteiger partial charge in [0.1, 0.15) is 5.54 Å². The first-order chi connectivity index (χ1) is 12.0. The molecule has 3 N–H and O–H groups in total. The van der Waals surface area contributed by atoms with Crippen LogP contribution < -0.4 is 11.1 Å². The molecule has 0 radical (unpaired) electrons. The molecule has 1 saturated carbocycles. The minimum Gasteiger partial charge on any atom is -0.378 e. The molecule has 1 aliphatic rings. The van der Waals surface area contributed by atoms with Gasteiger partial charge in [0.05, 0.1) is 12.6 Å². The summed E-state index contributed by atoms with van der Waals surface area (Å²) in [4.78, 5) is 26.7. The third-order valence-electron chi connectivity index (χ3n) is 5.82. The second-order valence-corrected chi connectivity index (χ2v) is 7.80. The standard InChI is InChI=1S/C20H31N3O3.ClH/c1-7-26-16-11-20(21,19(16,4)5)18(25)23(6)12-17(24)22-15-10-8-9-13(2)14(15)3;/h8-10,16H,7,11-12,21H2,1-6H3,(H,22,24);1H. The predicted octanol–water partition coefficient (Wildman–Crippen LogP) is 2.65. The molecule has 0 bridgehead atoms. The van der Waals surface area contributed by atoms with Gasteiger partial charge in [0.15, 0.2) is 0 Å². The maximum atomic E-state index is 12.9. The number of benzene rings is 1. The number of amides is 2. The average Bonchev–Trinajstić information content (AvgIpc) is 2.57. The highest BCUT2D eigenvalue weighted by molar-refractivity contribution is 5.97. The molecular weight excluding hydrogens is 366 g/mol. The van der Waals surface area contributed by atoms with Crippen molar-refractivity contribution in [1.29, 1.82) is 0 Å². The van der Waals surface area contributed by atoms with E-state index in [1.807, 2.05) is 52.8 Å². The van der Waals surface area contributed by atoms with Crippen molar-refractivity contribution in [2.24, 2.45) is 11.1 Å². The normalized spacial score (nSPS) is 23.0. The van der Waals surface area contributed by atoms with Crippen LogP contribution in [0.4, 0.5) is 5.69 Å². The van der Waals surface area contributed by atoms with Crippen molar-refractivity contribution in [3.63, 3.8) is 0 Å². The fraction of sp³-hybridized carbons (Fsp3) is 0.600. The quantitative estimate of drug-likeness (QED) is 0.772. The van der Waals surface area contributed by atoms with Gasteiger partial charge in [-0.15, -0.1) is 12.4 Å². The number of rotatable bonds is 6. The topological polar surface area (TPSA) is 84.7 Å². The van der Waals surface area contributed by atoms with Crippen LogP contribution in [-0.2, 0) is 14.3 Å². The molecule has 2 unspecified atom stereocenters. The number of likely N-dealkylation sites (N-methyl/N-ethyl adjacent to an activating group) is 1. The Morgan fingerprint density at radius 3 is 2.52 bits per heavy atom. The molecule has 2 rings (SSSR count). The monoisotopic (exact) mass is 397 g/mol. The summed E-state index contributed by atoms with van der Waals surface area (Å²) < 4.78 is 5.67. The number of ether oxygens (including phenoxy) is 1. The lowest BCUT2D eigenvalue weighted by Crippen LogP contribution is -2.76. The number of anilines is 1. The third-order valence-corrected chi connectivity index (χ3v) is 5.82. The van der Waals surface area contributed by atoms with Crippen LogP contribution in [0.1, 0.15) is 38.3 Å². The minimum absolute atomic E-state index is 0. The molecule has 7 heteroatoms. The first-order valence-corrected chi connectivity index (χ1v) is 9.06. The number of hydrogen-bond acceptors (Lipinski definition) is 4. The van der Waals surface area contributed by atoms with Gasteiger partial charge < -0.3 is 20.7 Å². The lowest BCUT2D eigenvalue weighted by molar-refractivity contribution is -0.178. The average molecular weight is 398 g/mol. The van der Waals surface area contributed by atoms with E-state index in [1.54, 1.807) is 7.05 Å². The van der Waals surface area contributed by atoms with Crippen molar-refractivity contribution >= 4 is 29.9 Å². The number of nitrogens with zero attached hydrogens (tertiary/aromatic N) is 1. The fourth-order valence-corrected chi connectivity index (χ4v) is 3.50. The van der Waals surface area contributed by atoms with Gasteiger partial charge in [-0.1, -0.05) is 26.0 Å². The number of nitrogens with two attached hydrogens (primary N) is 1. The molecule has 6 nitrogen and oxygen atoms in total. The van der Waals surface area contributed by atoms with Crippen LogP contribution in [0.3, 0.4) is 0 Å². The van der Waals surface area contributed by atoms with Crippen molar-refractivity contribution in [2.75, 3.05) is 25.5 Å². The lowest BCUT2D eigenvalue weighted by atomic mass is 9.54. The molecule has 2 amide bonds. The third kappa shape index (κ3) is 4.28. The summed E-state index contributed by atoms with van der Waals surface area (Å²) in [5.41, 5.74) is 7.81. The summed E-state index contributed by atoms with van der Waals surface area (Å²) in [6, 6.07) is 5.74. The number of halogens is 1. The number of nitrogens with one attached hydrogen (secondary N) is 1. The van der Waals surface area contributed by atoms with Crippen LogP contribution in [0, 0.1) is 19.3 Å². The highest BCUT2D eigenvalue weighted by atomic mass is 35.5. The lowest BCUT2D eigenvalue weighted by Gasteiger charge is -2.58. The molecule has 0 spiro atoms. The predicted molar refractivity (Wildman–Crippen MR) is 110 cm³/mol. The Labute approximate surface area is 168 Å². The summed E-state index contributed by atoms with van der Waals surface area (Å²) in [5, 5.41) is 2.88. The van der Waals surface area contributed by atoms with E-state index in [0.29, 0.717) is 13.0 Å². The molecule has 0 aromatic heterocycles. The van der Waals surface area contributed by atoms with Crippen LogP contribution >= 0.6 is 12.4 Å². The Morgan fingerprint density at radius 1 is 1.33 bits per heavy atom. The molecule has 0 heterocycles. The molecule has 1 aromatic rings. The van der Waals surface area contributed by atoms with E-state index in [2.05, 4.69) is 5.32 Å². The van der Waals surface area contributed by atoms with Crippen molar-refractivity contribution in [3.8, 4) is 0 Å². The summed E-state index contributed by atoms with van der Waals surface area (Å²) in [6.45, 7) is 10.3. The Kier molecular flexibility index (Phi) is 7.45. The smallest absolute Gasteiger partial charge is 0.243 e. The zero-order chi connectivity index (χ0) is 19.7. The summed E-state index contributed by atoms with van der Waals surface area (Å²) in [6.07, 6.45) is 0.425. The molecule has 2 atom stereocenters. The van der Waals surface area contributed by atoms with Gasteiger partial charge in [-0.05, 0) is 38.0 Å². The van der Waals surface area contributed by atoms with Crippen LogP contribution in [0.25, 0.3) is 0 Å². The molecular formula is C20H32ClN3O3. The Bertz CT molecular complexity index is 708. The summed E-state index contributed by atoms with van der Waals surface area (Å²) in [7, 11) is 1.61. The summed E-state index contributed by atoms with van der Waals surface area (Å²) >= 11 is 0. The van der Waals surface area contributed by atoms with Crippen LogP contribution in [0.2, 0.25) is 0 Å². The van der Waals surface area contributed by atoms with Gasteiger partial charge in [0, 0.05) is 31.2 Å². The Balaban J connectivity index is 0.00000364. The molecule has 152 valence electrons. The largest absolute Gasteiger partial charge is 0.378 e. The number of hydrogen-bond donors (Lipinski definition) is 2. The van der Waals surface area contributed by atoms with Crippen LogP contribution in [0.5, 0.6) is 0 Å². The Hall–Kier alpha value is -1.63. The SMILES string of the molecule is CCOC1CC(N)(C(=O)N(C)CC(=O)Nc2cccc(C)c2C)C1(C)C.Cl. The van der Waals surface area contributed by atoms with E-state index in [9.17, 15) is 9.59 Å². The molecule has 27 heavy (non-hydrogen) atoms. The molecule has 1 aromatic carbocycles. The maximum Gasteiger partial charge on any atom is 0.243 e. The first kappa shape index (κ1) is 23.4. The van der Waals surface area contributed by atoms with Crippen molar-refractivity contribution in [2.45, 2.75) is 52.7 Å². The van der Waals surface area contributed by atoms with Gasteiger partial charge in [-0.3, -0.25) is 9.59 Å². The molecule has 0 aliphatic heterocycles. The van der Waals surface area contributed by atoms with E-state index in [1.165, 1.54) is 4.90 Å². The van der Waals surface area contributed by atoms with E-state index in [4.69, 9.17) is 10.5 Å². The van der Waals surface area contributed by atoms with Gasteiger partial charge in [-0.25, -0.2) is 0 Å². The van der Waals surface area contributed by atoms with E-state index in [0.717, 1.165) is 16.8 Å². The number of aryl methyl sites for hydroxylation is 1. The van der Waals surface area contributed by atoms with E-state index >= 15 is 0 Å². The molecule has 1 aliphatic carbocycles. The highest BCUT2D eigenvalue weighted by Gasteiger charge is 2.63. The van der Waals surface area contributed by atoms with Crippen molar-refractivity contribution in [3.05, 3.63) is 29.3 Å². The second kappa shape index (κ2) is 8.59. The molecule has 0 saturated heterocycles. The van der Waals surface area contributed by atoms with Crippen molar-refractivity contribution < 1.29 is 14.3 Å². The van der Waals surface area contributed by atoms with Gasteiger partial charge >= 0.3 is 0 Å².